The first-order valence-corrected chi connectivity index (χ1v) is 19.7. The van der Waals surface area contributed by atoms with Crippen molar-refractivity contribution < 1.29 is 50.7 Å². The summed E-state index contributed by atoms with van der Waals surface area (Å²) in [6, 6.07) is -1.27. The van der Waals surface area contributed by atoms with Crippen LogP contribution < -0.4 is 10.6 Å². The summed E-state index contributed by atoms with van der Waals surface area (Å²) in [6.07, 6.45) is 0.628. The standard InChI is InChI=1S/C40H58F5N5O6/c1-38(2,3)56-31(51)23-26(35(53)48(5)6)33(25-13-8-9-14-25)49(7)37(55)39(18-10-11-19-39)47-34(52)30-15-12-20-50(30)36(54)29(46-4)17-16-24-21-27(41)32(28(42)22-24)40(43,44)45/h21-22,25-26,29-30,33,46H,8-20,23H2,1-7H3,(H,47,52)/t26-,29+,30+,33+/m1/s1. The van der Waals surface area contributed by atoms with Crippen LogP contribution in [0.25, 0.3) is 0 Å². The van der Waals surface area contributed by atoms with Gasteiger partial charge in [-0.1, -0.05) is 25.7 Å². The largest absolute Gasteiger partial charge is 0.460 e. The van der Waals surface area contributed by atoms with Gasteiger partial charge in [-0.25, -0.2) is 8.78 Å². The summed E-state index contributed by atoms with van der Waals surface area (Å²) in [5.74, 6) is -6.61. The number of carbonyl (C=O) groups is 5. The Morgan fingerprint density at radius 2 is 1.52 bits per heavy atom. The van der Waals surface area contributed by atoms with E-state index < -0.39 is 76.3 Å². The van der Waals surface area contributed by atoms with Gasteiger partial charge in [0.1, 0.15) is 34.4 Å². The number of carbonyl (C=O) groups excluding carboxylic acids is 5. The summed E-state index contributed by atoms with van der Waals surface area (Å²) >= 11 is 0. The Labute approximate surface area is 326 Å². The van der Waals surface area contributed by atoms with Crippen LogP contribution in [0.1, 0.15) is 109 Å². The first-order valence-electron chi connectivity index (χ1n) is 19.7. The molecule has 3 aliphatic rings. The fraction of sp³-hybridized carbons (Fsp3) is 0.725. The summed E-state index contributed by atoms with van der Waals surface area (Å²) in [4.78, 5) is 74.2. The van der Waals surface area contributed by atoms with E-state index in [2.05, 4.69) is 10.6 Å². The van der Waals surface area contributed by atoms with Gasteiger partial charge in [-0.05, 0) is 103 Å². The number of nitrogens with one attached hydrogen (secondary N) is 2. The van der Waals surface area contributed by atoms with Crippen molar-refractivity contribution in [3.63, 3.8) is 0 Å². The van der Waals surface area contributed by atoms with Gasteiger partial charge in [0, 0.05) is 33.7 Å². The normalized spacial score (nSPS) is 20.4. The number of rotatable bonds is 14. The zero-order chi connectivity index (χ0) is 41.7. The van der Waals surface area contributed by atoms with Gasteiger partial charge < -0.3 is 30.1 Å². The maximum Gasteiger partial charge on any atom is 0.422 e. The third kappa shape index (κ3) is 10.6. The van der Waals surface area contributed by atoms with Gasteiger partial charge in [0.05, 0.1) is 18.4 Å². The van der Waals surface area contributed by atoms with Crippen molar-refractivity contribution in [1.29, 1.82) is 0 Å². The molecule has 1 aromatic rings. The maximum absolute atomic E-state index is 14.8. The number of hydrogen-bond acceptors (Lipinski definition) is 7. The minimum Gasteiger partial charge on any atom is -0.460 e. The van der Waals surface area contributed by atoms with Crippen molar-refractivity contribution in [1.82, 2.24) is 25.3 Å². The van der Waals surface area contributed by atoms with E-state index in [4.69, 9.17) is 4.74 Å². The van der Waals surface area contributed by atoms with Crippen LogP contribution in [0.5, 0.6) is 0 Å². The van der Waals surface area contributed by atoms with E-state index >= 15 is 0 Å². The lowest BCUT2D eigenvalue weighted by atomic mass is 9.81. The fourth-order valence-corrected chi connectivity index (χ4v) is 8.87. The highest BCUT2D eigenvalue weighted by atomic mass is 19.4. The molecule has 1 aromatic carbocycles. The highest BCUT2D eigenvalue weighted by Crippen LogP contribution is 2.40. The number of nitrogens with zero attached hydrogens (tertiary/aromatic N) is 3. The van der Waals surface area contributed by atoms with Crippen molar-refractivity contribution in [3.05, 3.63) is 34.9 Å². The van der Waals surface area contributed by atoms with Crippen LogP contribution in [0.2, 0.25) is 0 Å². The number of esters is 1. The summed E-state index contributed by atoms with van der Waals surface area (Å²) in [6.45, 7) is 5.48. The smallest absolute Gasteiger partial charge is 0.422 e. The van der Waals surface area contributed by atoms with Crippen LogP contribution in [0.4, 0.5) is 22.0 Å². The summed E-state index contributed by atoms with van der Waals surface area (Å²) in [5, 5.41) is 5.91. The number of hydrogen-bond donors (Lipinski definition) is 2. The molecule has 2 saturated carbocycles. The van der Waals surface area contributed by atoms with Gasteiger partial charge in [0.2, 0.25) is 23.6 Å². The Morgan fingerprint density at radius 1 is 0.929 bits per heavy atom. The van der Waals surface area contributed by atoms with E-state index in [0.717, 1.165) is 25.7 Å². The Hall–Kier alpha value is -3.82. The topological polar surface area (TPSA) is 128 Å². The van der Waals surface area contributed by atoms with Gasteiger partial charge in [-0.3, -0.25) is 24.0 Å². The zero-order valence-electron chi connectivity index (χ0n) is 33.6. The van der Waals surface area contributed by atoms with Crippen LogP contribution in [0.3, 0.4) is 0 Å². The van der Waals surface area contributed by atoms with Crippen LogP contribution in [0, 0.1) is 23.5 Å². The van der Waals surface area contributed by atoms with Crippen LogP contribution in [-0.2, 0) is 41.3 Å². The molecule has 4 amide bonds. The Bertz CT molecular complexity index is 1580. The molecular formula is C40H58F5N5O6. The summed E-state index contributed by atoms with van der Waals surface area (Å²) in [7, 11) is 6.36. The number of amides is 4. The number of benzene rings is 1. The molecule has 2 N–H and O–H groups in total. The molecule has 0 unspecified atom stereocenters. The predicted octanol–water partition coefficient (Wildman–Crippen LogP) is 5.38. The summed E-state index contributed by atoms with van der Waals surface area (Å²) in [5.41, 5.74) is -4.12. The quantitative estimate of drug-likeness (QED) is 0.191. The van der Waals surface area contributed by atoms with Crippen molar-refractivity contribution >= 4 is 29.6 Å². The van der Waals surface area contributed by atoms with Crippen LogP contribution in [0.15, 0.2) is 12.1 Å². The molecule has 2 aliphatic carbocycles. The van der Waals surface area contributed by atoms with Gasteiger partial charge in [-0.2, -0.15) is 13.2 Å². The number of halogens is 5. The van der Waals surface area contributed by atoms with Crippen molar-refractivity contribution in [3.8, 4) is 0 Å². The maximum atomic E-state index is 14.8. The molecule has 0 spiro atoms. The molecule has 3 fully saturated rings. The van der Waals surface area contributed by atoms with Crippen molar-refractivity contribution in [2.24, 2.45) is 11.8 Å². The van der Waals surface area contributed by atoms with Crippen molar-refractivity contribution in [2.45, 2.75) is 140 Å². The van der Waals surface area contributed by atoms with Crippen molar-refractivity contribution in [2.75, 3.05) is 34.7 Å². The van der Waals surface area contributed by atoms with Crippen LogP contribution in [-0.4, -0.2) is 108 Å². The lowest BCUT2D eigenvalue weighted by Crippen LogP contribution is -2.64. The molecule has 314 valence electrons. The minimum atomic E-state index is -5.20. The molecule has 0 aromatic heterocycles. The second-order valence-corrected chi connectivity index (χ2v) is 16.9. The molecule has 0 radical (unpaired) electrons. The molecule has 0 bridgehead atoms. The number of likely N-dealkylation sites (tertiary alicyclic amines) is 1. The first kappa shape index (κ1) is 44.9. The second-order valence-electron chi connectivity index (χ2n) is 16.9. The Kier molecular flexibility index (Phi) is 14.6. The molecular weight excluding hydrogens is 741 g/mol. The average Bonchev–Trinajstić information content (AvgIpc) is 3.89. The summed E-state index contributed by atoms with van der Waals surface area (Å²) < 4.78 is 73.3. The highest BCUT2D eigenvalue weighted by molar-refractivity contribution is 5.96. The number of likely N-dealkylation sites (N-methyl/N-ethyl adjacent to an activating group) is 2. The Balaban J connectivity index is 1.54. The van der Waals surface area contributed by atoms with Crippen LogP contribution >= 0.6 is 0 Å². The van der Waals surface area contributed by atoms with E-state index in [-0.39, 0.29) is 49.1 Å². The predicted molar refractivity (Wildman–Crippen MR) is 198 cm³/mol. The van der Waals surface area contributed by atoms with E-state index in [9.17, 15) is 45.9 Å². The van der Waals surface area contributed by atoms with E-state index in [1.165, 1.54) is 16.8 Å². The lowest BCUT2D eigenvalue weighted by molar-refractivity contribution is -0.161. The van der Waals surface area contributed by atoms with Gasteiger partial charge >= 0.3 is 12.1 Å². The SMILES string of the molecule is CN[C@@H](CCc1cc(F)c(C(F)(F)F)c(F)c1)C(=O)N1CCC[C@H]1C(=O)NC1(C(=O)N(C)[C@@H](C2CCCC2)[C@@H](CC(=O)OC(C)(C)C)C(=O)N(C)C)CCCC1. The third-order valence-electron chi connectivity index (χ3n) is 11.4. The molecule has 4 rings (SSSR count). The molecule has 4 atom stereocenters. The Morgan fingerprint density at radius 3 is 2.04 bits per heavy atom. The number of ether oxygens (including phenoxy) is 1. The first-order chi connectivity index (χ1) is 26.1. The van der Waals surface area contributed by atoms with Gasteiger partial charge in [0.15, 0.2) is 0 Å². The fourth-order valence-electron chi connectivity index (χ4n) is 8.87. The number of aryl methyl sites for hydroxylation is 1. The lowest BCUT2D eigenvalue weighted by Gasteiger charge is -2.43. The van der Waals surface area contributed by atoms with Gasteiger partial charge in [0.25, 0.3) is 0 Å². The third-order valence-corrected chi connectivity index (χ3v) is 11.4. The van der Waals surface area contributed by atoms with E-state index in [1.54, 1.807) is 46.8 Å². The van der Waals surface area contributed by atoms with E-state index in [1.807, 2.05) is 0 Å². The zero-order valence-corrected chi connectivity index (χ0v) is 33.6. The molecule has 1 aliphatic heterocycles. The molecule has 11 nitrogen and oxygen atoms in total. The monoisotopic (exact) mass is 799 g/mol. The number of alkyl halides is 3. The molecule has 16 heteroatoms. The van der Waals surface area contributed by atoms with E-state index in [0.29, 0.717) is 50.7 Å². The minimum absolute atomic E-state index is 0.0175. The molecule has 1 saturated heterocycles. The second kappa shape index (κ2) is 18.2. The van der Waals surface area contributed by atoms with Gasteiger partial charge in [-0.15, -0.1) is 0 Å². The molecule has 1 heterocycles. The highest BCUT2D eigenvalue weighted by Gasteiger charge is 2.51. The average molecular weight is 800 g/mol. The molecule has 56 heavy (non-hydrogen) atoms.